The molecular formula is C24H24BrClO5. The lowest BCUT2D eigenvalue weighted by Gasteiger charge is -2.04. The summed E-state index contributed by atoms with van der Waals surface area (Å²) >= 11 is 9.59. The molecule has 4 rings (SSSR count). The second-order valence-corrected chi connectivity index (χ2v) is 8.58. The molecule has 0 amide bonds. The van der Waals surface area contributed by atoms with Gasteiger partial charge in [0.1, 0.15) is 18.0 Å². The van der Waals surface area contributed by atoms with Gasteiger partial charge in [-0.3, -0.25) is 9.59 Å². The first-order valence-electron chi connectivity index (χ1n) is 9.77. The minimum Gasteiger partial charge on any atom is -0.497 e. The van der Waals surface area contributed by atoms with Gasteiger partial charge in [-0.2, -0.15) is 0 Å². The number of methoxy groups -OCH3 is 3. The third-order valence-corrected chi connectivity index (χ3v) is 6.55. The number of ketones is 2. The Bertz CT molecular complexity index is 1030. The van der Waals surface area contributed by atoms with E-state index in [4.69, 9.17) is 25.8 Å². The predicted molar refractivity (Wildman–Crippen MR) is 124 cm³/mol. The van der Waals surface area contributed by atoms with Crippen LogP contribution in [0.3, 0.4) is 0 Å². The summed E-state index contributed by atoms with van der Waals surface area (Å²) in [5.41, 5.74) is 4.34. The van der Waals surface area contributed by atoms with Gasteiger partial charge in [-0.05, 0) is 47.4 Å². The van der Waals surface area contributed by atoms with Gasteiger partial charge in [-0.25, -0.2) is 0 Å². The Morgan fingerprint density at radius 3 is 2.13 bits per heavy atom. The number of halogens is 2. The van der Waals surface area contributed by atoms with Crippen LogP contribution in [0.1, 0.15) is 37.4 Å². The van der Waals surface area contributed by atoms with E-state index in [-0.39, 0.29) is 23.8 Å². The van der Waals surface area contributed by atoms with Crippen LogP contribution < -0.4 is 4.74 Å². The van der Waals surface area contributed by atoms with E-state index < -0.39 is 0 Å². The van der Waals surface area contributed by atoms with Gasteiger partial charge < -0.3 is 14.2 Å². The number of hydrogen-bond acceptors (Lipinski definition) is 5. The lowest BCUT2D eigenvalue weighted by Crippen LogP contribution is -2.17. The molecule has 0 fully saturated rings. The van der Waals surface area contributed by atoms with Crippen molar-refractivity contribution in [3.05, 3.63) is 74.2 Å². The van der Waals surface area contributed by atoms with Crippen LogP contribution in [0, 0.1) is 0 Å². The molecule has 2 aliphatic carbocycles. The first-order chi connectivity index (χ1) is 14.8. The molecule has 0 bridgehead atoms. The average Bonchev–Trinajstić information content (AvgIpc) is 3.26. The smallest absolute Gasteiger partial charge is 0.192 e. The number of rotatable bonds is 5. The summed E-state index contributed by atoms with van der Waals surface area (Å²) in [7, 11) is 4.69. The maximum atomic E-state index is 11.9. The van der Waals surface area contributed by atoms with Crippen LogP contribution in [0.5, 0.6) is 5.75 Å². The first kappa shape index (κ1) is 23.7. The number of hydrogen-bond donors (Lipinski definition) is 0. The summed E-state index contributed by atoms with van der Waals surface area (Å²) < 4.78 is 16.3. The van der Waals surface area contributed by atoms with Crippen LogP contribution in [0.15, 0.2) is 41.4 Å². The standard InChI is InChI=1S/C13H13ClO2.C11H11BrO3/c1-3-4-8-5-10-9(11(14)6-8)7-12(16-2)13(10)15;1-14-6-3-8-7(9(12)4-6)5-10(15-2)11(8)13/h3,5-6,12H,1,4,7H2,2H3;3-4,10H,5H2,1-2H3. The molecule has 2 atom stereocenters. The zero-order valence-electron chi connectivity index (χ0n) is 17.7. The molecular weight excluding hydrogens is 484 g/mol. The van der Waals surface area contributed by atoms with Crippen molar-refractivity contribution >= 4 is 39.1 Å². The van der Waals surface area contributed by atoms with Crippen LogP contribution in [0.25, 0.3) is 0 Å². The van der Waals surface area contributed by atoms with E-state index in [0.717, 1.165) is 27.6 Å². The summed E-state index contributed by atoms with van der Waals surface area (Å²) in [6.45, 7) is 3.68. The van der Waals surface area contributed by atoms with Crippen LogP contribution in [-0.2, 0) is 28.7 Å². The molecule has 2 unspecified atom stereocenters. The minimum absolute atomic E-state index is 0.0327. The van der Waals surface area contributed by atoms with Gasteiger partial charge in [0, 0.05) is 47.7 Å². The Morgan fingerprint density at radius 2 is 1.58 bits per heavy atom. The van der Waals surface area contributed by atoms with E-state index in [1.165, 1.54) is 0 Å². The highest BCUT2D eigenvalue weighted by atomic mass is 79.9. The summed E-state index contributed by atoms with van der Waals surface area (Å²) in [4.78, 5) is 23.8. The fourth-order valence-electron chi connectivity index (χ4n) is 3.85. The highest BCUT2D eigenvalue weighted by Gasteiger charge is 2.33. The van der Waals surface area contributed by atoms with Gasteiger partial charge in [0.25, 0.3) is 0 Å². The monoisotopic (exact) mass is 506 g/mol. The zero-order chi connectivity index (χ0) is 22.7. The van der Waals surface area contributed by atoms with E-state index in [1.54, 1.807) is 33.5 Å². The third kappa shape index (κ3) is 4.77. The van der Waals surface area contributed by atoms with Crippen molar-refractivity contribution in [1.82, 2.24) is 0 Å². The van der Waals surface area contributed by atoms with Crippen molar-refractivity contribution in [3.8, 4) is 5.75 Å². The lowest BCUT2D eigenvalue weighted by atomic mass is 10.0. The number of benzene rings is 2. The molecule has 5 nitrogen and oxygen atoms in total. The van der Waals surface area contributed by atoms with Gasteiger partial charge >= 0.3 is 0 Å². The third-order valence-electron chi connectivity index (χ3n) is 5.50. The van der Waals surface area contributed by atoms with E-state index in [1.807, 2.05) is 18.2 Å². The number of carbonyl (C=O) groups excluding carboxylic acids is 2. The topological polar surface area (TPSA) is 61.8 Å². The fraction of sp³-hybridized carbons (Fsp3) is 0.333. The van der Waals surface area contributed by atoms with Gasteiger partial charge in [-0.1, -0.05) is 33.6 Å². The summed E-state index contributed by atoms with van der Waals surface area (Å²) in [5, 5.41) is 0.655. The molecule has 2 aromatic rings. The van der Waals surface area contributed by atoms with Gasteiger partial charge in [0.2, 0.25) is 0 Å². The Morgan fingerprint density at radius 1 is 1.00 bits per heavy atom. The van der Waals surface area contributed by atoms with E-state index >= 15 is 0 Å². The fourth-order valence-corrected chi connectivity index (χ4v) is 4.77. The van der Waals surface area contributed by atoms with Crippen molar-refractivity contribution in [3.63, 3.8) is 0 Å². The molecule has 0 heterocycles. The van der Waals surface area contributed by atoms with Crippen LogP contribution in [0.2, 0.25) is 5.02 Å². The highest BCUT2D eigenvalue weighted by Crippen LogP contribution is 2.34. The summed E-state index contributed by atoms with van der Waals surface area (Å²) in [6.07, 6.45) is 3.02. The predicted octanol–water partition coefficient (Wildman–Crippen LogP) is 5.03. The second kappa shape index (κ2) is 10.1. The minimum atomic E-state index is -0.369. The molecule has 0 aromatic heterocycles. The molecule has 0 aliphatic heterocycles. The number of Topliss-reactive ketones (excluding diaryl/α,β-unsaturated/α-hetero) is 2. The normalized spacial score (nSPS) is 18.9. The number of ether oxygens (including phenoxy) is 3. The molecule has 0 radical (unpaired) electrons. The van der Waals surface area contributed by atoms with Gasteiger partial charge in [-0.15, -0.1) is 6.58 Å². The van der Waals surface area contributed by atoms with E-state index in [9.17, 15) is 9.59 Å². The van der Waals surface area contributed by atoms with Crippen LogP contribution in [0.4, 0.5) is 0 Å². The highest BCUT2D eigenvalue weighted by molar-refractivity contribution is 9.10. The largest absolute Gasteiger partial charge is 0.497 e. The molecule has 0 saturated carbocycles. The first-order valence-corrected chi connectivity index (χ1v) is 10.9. The molecule has 7 heteroatoms. The maximum Gasteiger partial charge on any atom is 0.192 e. The number of carbonyl (C=O) groups is 2. The summed E-state index contributed by atoms with van der Waals surface area (Å²) in [5.74, 6) is 0.753. The molecule has 2 aromatic carbocycles. The quantitative estimate of drug-likeness (QED) is 0.531. The second-order valence-electron chi connectivity index (χ2n) is 7.32. The van der Waals surface area contributed by atoms with Crippen molar-refractivity contribution in [2.75, 3.05) is 21.3 Å². The van der Waals surface area contributed by atoms with Crippen LogP contribution in [-0.4, -0.2) is 45.1 Å². The van der Waals surface area contributed by atoms with Gasteiger partial charge in [0.05, 0.1) is 7.11 Å². The van der Waals surface area contributed by atoms with E-state index in [0.29, 0.717) is 34.7 Å². The SMILES string of the molecule is C=CCc1cc(Cl)c2c(c1)C(=O)C(OC)C2.COc1cc(Br)c2c(c1)C(=O)C(OC)C2. The van der Waals surface area contributed by atoms with Crippen molar-refractivity contribution < 1.29 is 23.8 Å². The zero-order valence-corrected chi connectivity index (χ0v) is 20.0. The summed E-state index contributed by atoms with van der Waals surface area (Å²) in [6, 6.07) is 7.42. The molecule has 164 valence electrons. The van der Waals surface area contributed by atoms with Crippen molar-refractivity contribution in [2.24, 2.45) is 0 Å². The van der Waals surface area contributed by atoms with Crippen molar-refractivity contribution in [1.29, 1.82) is 0 Å². The molecule has 2 aliphatic rings. The lowest BCUT2D eigenvalue weighted by molar-refractivity contribution is 0.0643. The molecule has 0 saturated heterocycles. The average molecular weight is 508 g/mol. The molecule has 0 spiro atoms. The Kier molecular flexibility index (Phi) is 7.70. The Hall–Kier alpha value is -1.99. The number of fused-ring (bicyclic) bond motifs is 2. The number of allylic oxidation sites excluding steroid dienone is 1. The molecule has 0 N–H and O–H groups in total. The Balaban J connectivity index is 0.000000176. The van der Waals surface area contributed by atoms with Gasteiger partial charge in [0.15, 0.2) is 11.6 Å². The maximum absolute atomic E-state index is 11.9. The van der Waals surface area contributed by atoms with Crippen molar-refractivity contribution in [2.45, 2.75) is 31.5 Å². The molecule has 31 heavy (non-hydrogen) atoms. The Labute approximate surface area is 195 Å². The van der Waals surface area contributed by atoms with Crippen LogP contribution >= 0.6 is 27.5 Å². The van der Waals surface area contributed by atoms with E-state index in [2.05, 4.69) is 22.5 Å².